The Labute approximate surface area is 107 Å². The van der Waals surface area contributed by atoms with E-state index < -0.39 is 0 Å². The third-order valence-corrected chi connectivity index (χ3v) is 3.36. The van der Waals surface area contributed by atoms with Crippen LogP contribution >= 0.6 is 0 Å². The van der Waals surface area contributed by atoms with E-state index in [1.54, 1.807) is 6.20 Å². The van der Waals surface area contributed by atoms with Crippen molar-refractivity contribution in [1.82, 2.24) is 20.0 Å². The summed E-state index contributed by atoms with van der Waals surface area (Å²) in [5, 5.41) is 7.51. The van der Waals surface area contributed by atoms with E-state index in [-0.39, 0.29) is 5.91 Å². The van der Waals surface area contributed by atoms with Gasteiger partial charge in [0.1, 0.15) is 0 Å². The standard InChI is InChI=1S/C12H21N5O/c13-12(18)10-16(11-2-5-14-6-3-11)8-9-17-7-1-4-15-17/h1,4,7,11,14H,2-3,5-6,8-10H2,(H2,13,18). The molecule has 0 unspecified atom stereocenters. The number of nitrogens with two attached hydrogens (primary N) is 1. The largest absolute Gasteiger partial charge is 0.369 e. The van der Waals surface area contributed by atoms with Crippen LogP contribution in [0.2, 0.25) is 0 Å². The normalized spacial score (nSPS) is 17.2. The van der Waals surface area contributed by atoms with E-state index in [1.807, 2.05) is 16.9 Å². The first-order valence-corrected chi connectivity index (χ1v) is 6.46. The van der Waals surface area contributed by atoms with Gasteiger partial charge in [0.15, 0.2) is 0 Å². The molecule has 1 aromatic rings. The summed E-state index contributed by atoms with van der Waals surface area (Å²) in [5.74, 6) is -0.256. The Kier molecular flexibility index (Phi) is 4.72. The van der Waals surface area contributed by atoms with Crippen molar-refractivity contribution < 1.29 is 4.79 Å². The number of carbonyl (C=O) groups is 1. The molecule has 1 saturated heterocycles. The minimum atomic E-state index is -0.256. The highest BCUT2D eigenvalue weighted by atomic mass is 16.1. The van der Waals surface area contributed by atoms with Crippen LogP contribution in [-0.4, -0.2) is 52.8 Å². The van der Waals surface area contributed by atoms with Crippen LogP contribution in [0.5, 0.6) is 0 Å². The van der Waals surface area contributed by atoms with Crippen LogP contribution in [0.25, 0.3) is 0 Å². The Hall–Kier alpha value is -1.40. The number of piperidine rings is 1. The van der Waals surface area contributed by atoms with Crippen LogP contribution in [0, 0.1) is 0 Å². The zero-order valence-electron chi connectivity index (χ0n) is 10.6. The molecule has 0 aliphatic carbocycles. The number of rotatable bonds is 6. The molecule has 0 radical (unpaired) electrons. The maximum Gasteiger partial charge on any atom is 0.231 e. The molecule has 0 aromatic carbocycles. The Morgan fingerprint density at radius 1 is 1.50 bits per heavy atom. The fourth-order valence-electron chi connectivity index (χ4n) is 2.43. The van der Waals surface area contributed by atoms with Gasteiger partial charge in [-0.25, -0.2) is 0 Å². The molecule has 0 atom stereocenters. The van der Waals surface area contributed by atoms with Crippen molar-refractivity contribution in [3.8, 4) is 0 Å². The first-order chi connectivity index (χ1) is 8.75. The molecular weight excluding hydrogens is 230 g/mol. The summed E-state index contributed by atoms with van der Waals surface area (Å²) in [4.78, 5) is 13.3. The van der Waals surface area contributed by atoms with Crippen molar-refractivity contribution in [2.45, 2.75) is 25.4 Å². The molecular formula is C12H21N5O. The van der Waals surface area contributed by atoms with Gasteiger partial charge in [-0.05, 0) is 32.0 Å². The van der Waals surface area contributed by atoms with E-state index in [1.165, 1.54) is 0 Å². The number of amides is 1. The van der Waals surface area contributed by atoms with E-state index in [0.717, 1.165) is 39.0 Å². The number of primary amides is 1. The summed E-state index contributed by atoms with van der Waals surface area (Å²) in [6.45, 7) is 3.98. The number of aromatic nitrogens is 2. The fourth-order valence-corrected chi connectivity index (χ4v) is 2.43. The van der Waals surface area contributed by atoms with Crippen LogP contribution in [-0.2, 0) is 11.3 Å². The van der Waals surface area contributed by atoms with Gasteiger partial charge in [0.05, 0.1) is 13.1 Å². The molecule has 6 nitrogen and oxygen atoms in total. The van der Waals surface area contributed by atoms with Crippen LogP contribution in [0.3, 0.4) is 0 Å². The first kappa shape index (κ1) is 13.0. The molecule has 100 valence electrons. The zero-order chi connectivity index (χ0) is 12.8. The monoisotopic (exact) mass is 251 g/mol. The Morgan fingerprint density at radius 3 is 2.89 bits per heavy atom. The van der Waals surface area contributed by atoms with E-state index in [9.17, 15) is 4.79 Å². The zero-order valence-corrected chi connectivity index (χ0v) is 10.6. The van der Waals surface area contributed by atoms with Crippen molar-refractivity contribution in [1.29, 1.82) is 0 Å². The highest BCUT2D eigenvalue weighted by molar-refractivity contribution is 5.75. The van der Waals surface area contributed by atoms with E-state index >= 15 is 0 Å². The number of carbonyl (C=O) groups excluding carboxylic acids is 1. The second-order valence-electron chi connectivity index (χ2n) is 4.69. The highest BCUT2D eigenvalue weighted by Gasteiger charge is 2.21. The van der Waals surface area contributed by atoms with Gasteiger partial charge in [-0.3, -0.25) is 14.4 Å². The van der Waals surface area contributed by atoms with E-state index in [4.69, 9.17) is 5.73 Å². The van der Waals surface area contributed by atoms with Crippen LogP contribution in [0.15, 0.2) is 18.5 Å². The predicted octanol–water partition coefficient (Wildman–Crippen LogP) is -0.578. The van der Waals surface area contributed by atoms with Gasteiger partial charge in [0, 0.05) is 25.0 Å². The summed E-state index contributed by atoms with van der Waals surface area (Å²) >= 11 is 0. The van der Waals surface area contributed by atoms with Gasteiger partial charge < -0.3 is 11.1 Å². The predicted molar refractivity (Wildman–Crippen MR) is 68.9 cm³/mol. The van der Waals surface area contributed by atoms with Crippen LogP contribution < -0.4 is 11.1 Å². The third-order valence-electron chi connectivity index (χ3n) is 3.36. The van der Waals surface area contributed by atoms with Crippen molar-refractivity contribution in [2.75, 3.05) is 26.2 Å². The minimum Gasteiger partial charge on any atom is -0.369 e. The molecule has 1 aromatic heterocycles. The summed E-state index contributed by atoms with van der Waals surface area (Å²) < 4.78 is 1.88. The molecule has 6 heteroatoms. The Bertz CT molecular complexity index is 359. The first-order valence-electron chi connectivity index (χ1n) is 6.46. The summed E-state index contributed by atoms with van der Waals surface area (Å²) in [6, 6.07) is 2.36. The fraction of sp³-hybridized carbons (Fsp3) is 0.667. The number of nitrogens with zero attached hydrogens (tertiary/aromatic N) is 3. The van der Waals surface area contributed by atoms with Crippen molar-refractivity contribution >= 4 is 5.91 Å². The Balaban J connectivity index is 1.89. The molecule has 0 spiro atoms. The third kappa shape index (κ3) is 3.82. The second-order valence-corrected chi connectivity index (χ2v) is 4.69. The molecule has 1 aliphatic rings. The number of hydrogen-bond donors (Lipinski definition) is 2. The van der Waals surface area contributed by atoms with Gasteiger partial charge in [0.25, 0.3) is 0 Å². The molecule has 3 N–H and O–H groups in total. The quantitative estimate of drug-likeness (QED) is 0.709. The molecule has 1 fully saturated rings. The molecule has 1 aliphatic heterocycles. The van der Waals surface area contributed by atoms with Crippen molar-refractivity contribution in [3.63, 3.8) is 0 Å². The van der Waals surface area contributed by atoms with Gasteiger partial charge in [-0.15, -0.1) is 0 Å². The maximum atomic E-state index is 11.2. The molecule has 2 rings (SSSR count). The smallest absolute Gasteiger partial charge is 0.231 e. The van der Waals surface area contributed by atoms with Gasteiger partial charge in [-0.2, -0.15) is 5.10 Å². The number of nitrogens with one attached hydrogen (secondary N) is 1. The lowest BCUT2D eigenvalue weighted by Crippen LogP contribution is -2.47. The highest BCUT2D eigenvalue weighted by Crippen LogP contribution is 2.11. The summed E-state index contributed by atoms with van der Waals surface area (Å²) in [5.41, 5.74) is 5.33. The molecule has 1 amide bonds. The van der Waals surface area contributed by atoms with Crippen LogP contribution in [0.4, 0.5) is 0 Å². The molecule has 2 heterocycles. The Morgan fingerprint density at radius 2 is 2.28 bits per heavy atom. The lowest BCUT2D eigenvalue weighted by molar-refractivity contribution is -0.119. The molecule has 0 bridgehead atoms. The topological polar surface area (TPSA) is 76.2 Å². The van der Waals surface area contributed by atoms with Crippen molar-refractivity contribution in [3.05, 3.63) is 18.5 Å². The van der Waals surface area contributed by atoms with E-state index in [0.29, 0.717) is 12.6 Å². The second kappa shape index (κ2) is 6.51. The van der Waals surface area contributed by atoms with Gasteiger partial charge >= 0.3 is 0 Å². The lowest BCUT2D eigenvalue weighted by Gasteiger charge is -2.33. The average molecular weight is 251 g/mol. The minimum absolute atomic E-state index is 0.256. The van der Waals surface area contributed by atoms with E-state index in [2.05, 4.69) is 15.3 Å². The average Bonchev–Trinajstić information content (AvgIpc) is 2.88. The van der Waals surface area contributed by atoms with Crippen molar-refractivity contribution in [2.24, 2.45) is 5.73 Å². The molecule has 18 heavy (non-hydrogen) atoms. The summed E-state index contributed by atoms with van der Waals surface area (Å²) in [7, 11) is 0. The molecule has 0 saturated carbocycles. The van der Waals surface area contributed by atoms with Gasteiger partial charge in [-0.1, -0.05) is 0 Å². The SMILES string of the molecule is NC(=O)CN(CCn1cccn1)C1CCNCC1. The maximum absolute atomic E-state index is 11.2. The summed E-state index contributed by atoms with van der Waals surface area (Å²) in [6.07, 6.45) is 5.85. The number of hydrogen-bond acceptors (Lipinski definition) is 4. The van der Waals surface area contributed by atoms with Crippen LogP contribution in [0.1, 0.15) is 12.8 Å². The lowest BCUT2D eigenvalue weighted by atomic mass is 10.0. The van der Waals surface area contributed by atoms with Gasteiger partial charge in [0.2, 0.25) is 5.91 Å².